The number of aromatic nitrogens is 1. The Morgan fingerprint density at radius 1 is 1.43 bits per heavy atom. The summed E-state index contributed by atoms with van der Waals surface area (Å²) in [6.07, 6.45) is 3.61. The number of carbonyl (C=O) groups excluding carboxylic acids is 1. The molecule has 0 aliphatic rings. The van der Waals surface area contributed by atoms with Crippen LogP contribution in [0, 0.1) is 0 Å². The summed E-state index contributed by atoms with van der Waals surface area (Å²) in [5, 5.41) is 4.02. The lowest BCUT2D eigenvalue weighted by Crippen LogP contribution is -2.35. The smallest absolute Gasteiger partial charge is 0.241 e. The van der Waals surface area contributed by atoms with Gasteiger partial charge in [0.2, 0.25) is 5.91 Å². The van der Waals surface area contributed by atoms with E-state index in [1.807, 2.05) is 31.3 Å². The summed E-state index contributed by atoms with van der Waals surface area (Å²) in [4.78, 5) is 12.0. The van der Waals surface area contributed by atoms with Crippen LogP contribution in [0.15, 0.2) is 30.5 Å². The molecule has 1 amide bonds. The van der Waals surface area contributed by atoms with Crippen LogP contribution < -0.4 is 11.1 Å². The minimum absolute atomic E-state index is 0.133. The summed E-state index contributed by atoms with van der Waals surface area (Å²) in [5.74, 6) is -0.133. The molecule has 0 aliphatic carbocycles. The van der Waals surface area contributed by atoms with Crippen LogP contribution >= 0.6 is 0 Å². The summed E-state index contributed by atoms with van der Waals surface area (Å²) >= 11 is 0. The highest BCUT2D eigenvalue weighted by Gasteiger charge is 2.12. The van der Waals surface area contributed by atoms with Gasteiger partial charge in [-0.05, 0) is 30.0 Å². The summed E-state index contributed by atoms with van der Waals surface area (Å²) in [6, 6.07) is 7.48. The Labute approximate surface area is 125 Å². The number of ether oxygens (including phenoxy) is 1. The molecule has 114 valence electrons. The molecule has 0 spiro atoms. The fraction of sp³-hybridized carbons (Fsp3) is 0.438. The number of hydrogen-bond donors (Lipinski definition) is 2. The number of rotatable bonds is 7. The lowest BCUT2D eigenvalue weighted by molar-refractivity contribution is -0.117. The zero-order valence-corrected chi connectivity index (χ0v) is 12.6. The van der Waals surface area contributed by atoms with Gasteiger partial charge in [-0.25, -0.2) is 0 Å². The van der Waals surface area contributed by atoms with E-state index in [4.69, 9.17) is 10.5 Å². The van der Waals surface area contributed by atoms with E-state index < -0.39 is 6.04 Å². The number of nitrogens with zero attached hydrogens (tertiary/aromatic N) is 1. The molecule has 0 fully saturated rings. The first-order valence-electron chi connectivity index (χ1n) is 7.30. The van der Waals surface area contributed by atoms with E-state index in [0.29, 0.717) is 13.0 Å². The predicted molar refractivity (Wildman–Crippen MR) is 85.3 cm³/mol. The van der Waals surface area contributed by atoms with E-state index in [-0.39, 0.29) is 5.91 Å². The highest BCUT2D eigenvalue weighted by atomic mass is 16.5. The van der Waals surface area contributed by atoms with Crippen molar-refractivity contribution in [2.45, 2.75) is 32.4 Å². The van der Waals surface area contributed by atoms with Gasteiger partial charge in [-0.2, -0.15) is 0 Å². The van der Waals surface area contributed by atoms with Crippen LogP contribution in [0.5, 0.6) is 0 Å². The van der Waals surface area contributed by atoms with Crippen LogP contribution in [-0.4, -0.2) is 30.2 Å². The number of hydrogen-bond acceptors (Lipinski definition) is 3. The average molecular weight is 289 g/mol. The molecule has 3 N–H and O–H groups in total. The maximum absolute atomic E-state index is 12.0. The van der Waals surface area contributed by atoms with Crippen molar-refractivity contribution in [2.75, 3.05) is 19.0 Å². The Morgan fingerprint density at radius 2 is 2.24 bits per heavy atom. The van der Waals surface area contributed by atoms with Gasteiger partial charge >= 0.3 is 0 Å². The van der Waals surface area contributed by atoms with Crippen molar-refractivity contribution in [3.8, 4) is 0 Å². The van der Waals surface area contributed by atoms with E-state index >= 15 is 0 Å². The minimum Gasteiger partial charge on any atom is -0.383 e. The van der Waals surface area contributed by atoms with Gasteiger partial charge in [0.25, 0.3) is 0 Å². The van der Waals surface area contributed by atoms with Gasteiger partial charge < -0.3 is 20.4 Å². The number of nitrogens with two attached hydrogens (primary N) is 1. The molecule has 0 radical (unpaired) electrons. The Bertz CT molecular complexity index is 607. The van der Waals surface area contributed by atoms with E-state index in [2.05, 4.69) is 16.0 Å². The van der Waals surface area contributed by atoms with Crippen molar-refractivity contribution >= 4 is 22.5 Å². The van der Waals surface area contributed by atoms with Crippen LogP contribution in [0.3, 0.4) is 0 Å². The van der Waals surface area contributed by atoms with Crippen LogP contribution in [-0.2, 0) is 16.1 Å². The molecule has 1 aromatic heterocycles. The van der Waals surface area contributed by atoms with Crippen molar-refractivity contribution in [3.05, 3.63) is 30.5 Å². The monoisotopic (exact) mass is 289 g/mol. The van der Waals surface area contributed by atoms with Gasteiger partial charge in [0, 0.05) is 25.5 Å². The van der Waals surface area contributed by atoms with Gasteiger partial charge in [0.15, 0.2) is 0 Å². The molecular formula is C16H23N3O2. The predicted octanol–water partition coefficient (Wildman–Crippen LogP) is 2.35. The van der Waals surface area contributed by atoms with Gasteiger partial charge in [-0.1, -0.05) is 19.4 Å². The van der Waals surface area contributed by atoms with E-state index in [1.54, 1.807) is 7.11 Å². The van der Waals surface area contributed by atoms with Crippen molar-refractivity contribution in [2.24, 2.45) is 5.73 Å². The SMILES string of the molecule is CCCC(N)C(=O)Nc1ccc2ccn(CCOC)c2c1. The third-order valence-corrected chi connectivity index (χ3v) is 3.51. The van der Waals surface area contributed by atoms with Crippen molar-refractivity contribution in [3.63, 3.8) is 0 Å². The zero-order valence-electron chi connectivity index (χ0n) is 12.6. The molecule has 1 unspecified atom stereocenters. The highest BCUT2D eigenvalue weighted by molar-refractivity contribution is 5.96. The molecular weight excluding hydrogens is 266 g/mol. The molecule has 2 rings (SSSR count). The Hall–Kier alpha value is -1.85. The minimum atomic E-state index is -0.453. The number of fused-ring (bicyclic) bond motifs is 1. The van der Waals surface area contributed by atoms with Crippen molar-refractivity contribution in [1.82, 2.24) is 4.57 Å². The largest absolute Gasteiger partial charge is 0.383 e. The molecule has 0 saturated heterocycles. The first-order valence-corrected chi connectivity index (χ1v) is 7.30. The van der Waals surface area contributed by atoms with Gasteiger partial charge in [-0.3, -0.25) is 4.79 Å². The molecule has 21 heavy (non-hydrogen) atoms. The number of methoxy groups -OCH3 is 1. The zero-order chi connectivity index (χ0) is 15.2. The van der Waals surface area contributed by atoms with Gasteiger partial charge in [0.1, 0.15) is 0 Å². The first-order chi connectivity index (χ1) is 10.2. The fourth-order valence-corrected chi connectivity index (χ4v) is 2.32. The lowest BCUT2D eigenvalue weighted by Gasteiger charge is -2.12. The summed E-state index contributed by atoms with van der Waals surface area (Å²) < 4.78 is 7.22. The lowest BCUT2D eigenvalue weighted by atomic mass is 10.1. The second-order valence-electron chi connectivity index (χ2n) is 5.16. The van der Waals surface area contributed by atoms with E-state index in [0.717, 1.165) is 29.6 Å². The van der Waals surface area contributed by atoms with Crippen molar-refractivity contribution in [1.29, 1.82) is 0 Å². The molecule has 1 aromatic carbocycles. The molecule has 5 nitrogen and oxygen atoms in total. The topological polar surface area (TPSA) is 69.3 Å². The quantitative estimate of drug-likeness (QED) is 0.822. The van der Waals surface area contributed by atoms with Crippen LogP contribution in [0.25, 0.3) is 10.9 Å². The third kappa shape index (κ3) is 3.83. The van der Waals surface area contributed by atoms with Crippen LogP contribution in [0.1, 0.15) is 19.8 Å². The maximum atomic E-state index is 12.0. The van der Waals surface area contributed by atoms with Crippen molar-refractivity contribution < 1.29 is 9.53 Å². The second kappa shape index (κ2) is 7.24. The number of benzene rings is 1. The molecule has 5 heteroatoms. The summed E-state index contributed by atoms with van der Waals surface area (Å²) in [5.41, 5.74) is 7.68. The first kappa shape index (κ1) is 15.5. The Morgan fingerprint density at radius 3 is 2.95 bits per heavy atom. The number of amides is 1. The normalized spacial score (nSPS) is 12.5. The number of carbonyl (C=O) groups is 1. The second-order valence-corrected chi connectivity index (χ2v) is 5.16. The fourth-order valence-electron chi connectivity index (χ4n) is 2.32. The molecule has 1 heterocycles. The van der Waals surface area contributed by atoms with E-state index in [9.17, 15) is 4.79 Å². The van der Waals surface area contributed by atoms with Gasteiger partial charge in [0.05, 0.1) is 18.2 Å². The Balaban J connectivity index is 2.15. The average Bonchev–Trinajstić information content (AvgIpc) is 2.87. The highest BCUT2D eigenvalue weighted by Crippen LogP contribution is 2.20. The molecule has 1 atom stereocenters. The summed E-state index contributed by atoms with van der Waals surface area (Å²) in [7, 11) is 1.69. The molecule has 0 saturated carbocycles. The Kier molecular flexibility index (Phi) is 5.36. The molecule has 0 bridgehead atoms. The number of nitrogens with one attached hydrogen (secondary N) is 1. The third-order valence-electron chi connectivity index (χ3n) is 3.51. The van der Waals surface area contributed by atoms with Gasteiger partial charge in [-0.15, -0.1) is 0 Å². The molecule has 2 aromatic rings. The van der Waals surface area contributed by atoms with E-state index in [1.165, 1.54) is 0 Å². The maximum Gasteiger partial charge on any atom is 0.241 e. The van der Waals surface area contributed by atoms with Crippen LogP contribution in [0.2, 0.25) is 0 Å². The molecule has 0 aliphatic heterocycles. The van der Waals surface area contributed by atoms with Crippen LogP contribution in [0.4, 0.5) is 5.69 Å². The standard InChI is InChI=1S/C16H23N3O2/c1-3-4-14(17)16(20)18-13-6-5-12-7-8-19(9-10-21-2)15(12)11-13/h5-8,11,14H,3-4,9-10,17H2,1-2H3,(H,18,20). The summed E-state index contributed by atoms with van der Waals surface area (Å²) in [6.45, 7) is 3.45. The number of anilines is 1.